The summed E-state index contributed by atoms with van der Waals surface area (Å²) >= 11 is 0. The van der Waals surface area contributed by atoms with E-state index in [-0.39, 0.29) is 0 Å². The molecule has 12 heavy (non-hydrogen) atoms. The average molecular weight is 189 g/mol. The molecular formula is C6H11N3O2S. The maximum atomic E-state index is 10.9. The van der Waals surface area contributed by atoms with Crippen molar-refractivity contribution in [2.24, 2.45) is 10.8 Å². The predicted molar refractivity (Wildman–Crippen MR) is 47.3 cm³/mol. The largest absolute Gasteiger partial charge is 0.350 e. The molecule has 0 aromatic heterocycles. The first kappa shape index (κ1) is 9.18. The van der Waals surface area contributed by atoms with Gasteiger partial charge in [0, 0.05) is 28.0 Å². The molecule has 1 rings (SSSR count). The maximum Gasteiger partial charge on any atom is 0.332 e. The van der Waals surface area contributed by atoms with E-state index in [9.17, 15) is 9.00 Å². The van der Waals surface area contributed by atoms with Crippen LogP contribution in [0, 0.1) is 0 Å². The van der Waals surface area contributed by atoms with E-state index in [1.165, 1.54) is 0 Å². The second-order valence-corrected chi connectivity index (χ2v) is 4.20. The van der Waals surface area contributed by atoms with Crippen LogP contribution in [0.15, 0.2) is 5.10 Å². The Morgan fingerprint density at radius 3 is 2.58 bits per heavy atom. The van der Waals surface area contributed by atoms with Crippen LogP contribution in [0.1, 0.15) is 12.8 Å². The third-order valence-electron chi connectivity index (χ3n) is 1.56. The Morgan fingerprint density at radius 2 is 2.08 bits per heavy atom. The van der Waals surface area contributed by atoms with Crippen molar-refractivity contribution in [2.45, 2.75) is 12.8 Å². The molecule has 0 spiro atoms. The average Bonchev–Trinajstić information content (AvgIpc) is 2.03. The highest BCUT2D eigenvalue weighted by Crippen LogP contribution is 2.04. The van der Waals surface area contributed by atoms with E-state index in [0.29, 0.717) is 24.3 Å². The fourth-order valence-electron chi connectivity index (χ4n) is 0.936. The Bertz CT molecular complexity index is 227. The minimum absolute atomic E-state index is 0.638. The van der Waals surface area contributed by atoms with Crippen molar-refractivity contribution >= 4 is 22.5 Å². The van der Waals surface area contributed by atoms with Gasteiger partial charge in [-0.1, -0.05) is 0 Å². The zero-order chi connectivity index (χ0) is 8.97. The molecule has 0 aromatic carbocycles. The second-order valence-electron chi connectivity index (χ2n) is 2.50. The molecule has 68 valence electrons. The first-order valence-electron chi connectivity index (χ1n) is 3.64. The van der Waals surface area contributed by atoms with E-state index in [1.807, 2.05) is 0 Å². The Hall–Kier alpha value is -0.910. The normalized spacial score (nSPS) is 23.3. The number of carbonyl (C=O) groups is 1. The number of rotatable bonds is 1. The van der Waals surface area contributed by atoms with Gasteiger partial charge < -0.3 is 5.73 Å². The van der Waals surface area contributed by atoms with Crippen LogP contribution in [0.4, 0.5) is 4.79 Å². The number of amides is 2. The van der Waals surface area contributed by atoms with Gasteiger partial charge in [-0.15, -0.1) is 0 Å². The van der Waals surface area contributed by atoms with E-state index in [0.717, 1.165) is 5.71 Å². The third-order valence-corrected chi connectivity index (χ3v) is 2.88. The summed E-state index contributed by atoms with van der Waals surface area (Å²) in [5.41, 5.74) is 7.85. The zero-order valence-electron chi connectivity index (χ0n) is 6.58. The van der Waals surface area contributed by atoms with Crippen molar-refractivity contribution in [3.8, 4) is 0 Å². The lowest BCUT2D eigenvalue weighted by Gasteiger charge is -2.11. The summed E-state index contributed by atoms with van der Waals surface area (Å²) in [6.45, 7) is 0. The van der Waals surface area contributed by atoms with Crippen LogP contribution < -0.4 is 11.2 Å². The van der Waals surface area contributed by atoms with Crippen molar-refractivity contribution in [3.63, 3.8) is 0 Å². The smallest absolute Gasteiger partial charge is 0.332 e. The third kappa shape index (κ3) is 3.00. The van der Waals surface area contributed by atoms with Gasteiger partial charge in [-0.2, -0.15) is 5.10 Å². The number of nitrogens with zero attached hydrogens (tertiary/aromatic N) is 1. The Balaban J connectivity index is 2.38. The maximum absolute atomic E-state index is 10.9. The van der Waals surface area contributed by atoms with Gasteiger partial charge in [0.25, 0.3) is 0 Å². The molecule has 0 aliphatic carbocycles. The molecular weight excluding hydrogens is 178 g/mol. The van der Waals surface area contributed by atoms with Crippen LogP contribution in [0.25, 0.3) is 0 Å². The van der Waals surface area contributed by atoms with Crippen LogP contribution in [-0.2, 0) is 10.8 Å². The number of hydrogen-bond acceptors (Lipinski definition) is 3. The predicted octanol–water partition coefficient (Wildman–Crippen LogP) is -0.447. The SMILES string of the molecule is NC(=O)NN=C1CCS(=O)CC1. The fraction of sp³-hybridized carbons (Fsp3) is 0.667. The van der Waals surface area contributed by atoms with E-state index in [1.54, 1.807) is 0 Å². The number of urea groups is 1. The lowest BCUT2D eigenvalue weighted by atomic mass is 10.2. The molecule has 0 aromatic rings. The van der Waals surface area contributed by atoms with Crippen LogP contribution in [0.2, 0.25) is 0 Å². The molecule has 0 unspecified atom stereocenters. The van der Waals surface area contributed by atoms with Crippen LogP contribution in [0.3, 0.4) is 0 Å². The topological polar surface area (TPSA) is 84.6 Å². The van der Waals surface area contributed by atoms with Crippen molar-refractivity contribution in [3.05, 3.63) is 0 Å². The van der Waals surface area contributed by atoms with E-state index in [2.05, 4.69) is 10.5 Å². The van der Waals surface area contributed by atoms with Crippen LogP contribution in [0.5, 0.6) is 0 Å². The Morgan fingerprint density at radius 1 is 1.50 bits per heavy atom. The highest BCUT2D eigenvalue weighted by Gasteiger charge is 2.12. The summed E-state index contributed by atoms with van der Waals surface area (Å²) in [5.74, 6) is 1.28. The van der Waals surface area contributed by atoms with E-state index < -0.39 is 16.8 Å². The number of hydrazone groups is 1. The lowest BCUT2D eigenvalue weighted by molar-refractivity contribution is 0.249. The number of carbonyl (C=O) groups excluding carboxylic acids is 1. The van der Waals surface area contributed by atoms with E-state index >= 15 is 0 Å². The van der Waals surface area contributed by atoms with Crippen molar-refractivity contribution in [1.29, 1.82) is 0 Å². The summed E-state index contributed by atoms with van der Waals surface area (Å²) in [6, 6.07) is -0.658. The monoisotopic (exact) mass is 189 g/mol. The molecule has 5 nitrogen and oxygen atoms in total. The second kappa shape index (κ2) is 4.20. The summed E-state index contributed by atoms with van der Waals surface area (Å²) in [7, 11) is -0.700. The summed E-state index contributed by atoms with van der Waals surface area (Å²) < 4.78 is 10.9. The fourth-order valence-corrected chi connectivity index (χ4v) is 2.07. The van der Waals surface area contributed by atoms with Gasteiger partial charge in [-0.3, -0.25) is 4.21 Å². The molecule has 1 fully saturated rings. The molecule has 1 aliphatic rings. The first-order valence-corrected chi connectivity index (χ1v) is 5.13. The number of hydrogen-bond donors (Lipinski definition) is 2. The van der Waals surface area contributed by atoms with Gasteiger partial charge in [0.2, 0.25) is 0 Å². The molecule has 1 saturated heterocycles. The minimum atomic E-state index is -0.700. The van der Waals surface area contributed by atoms with Crippen molar-refractivity contribution in [2.75, 3.05) is 11.5 Å². The quantitative estimate of drug-likeness (QED) is 0.548. The first-order chi connectivity index (χ1) is 5.68. The Labute approximate surface area is 72.8 Å². The number of nitrogens with two attached hydrogens (primary N) is 1. The molecule has 1 heterocycles. The number of nitrogens with one attached hydrogen (secondary N) is 1. The van der Waals surface area contributed by atoms with Gasteiger partial charge >= 0.3 is 6.03 Å². The zero-order valence-corrected chi connectivity index (χ0v) is 7.39. The summed E-state index contributed by atoms with van der Waals surface area (Å²) in [6.07, 6.45) is 1.37. The van der Waals surface area contributed by atoms with Gasteiger partial charge in [0.1, 0.15) is 0 Å². The number of primary amides is 1. The highest BCUT2D eigenvalue weighted by molar-refractivity contribution is 7.85. The van der Waals surface area contributed by atoms with Crippen LogP contribution in [-0.4, -0.2) is 27.5 Å². The van der Waals surface area contributed by atoms with Gasteiger partial charge in [-0.25, -0.2) is 10.2 Å². The standard InChI is InChI=1S/C6H11N3O2S/c7-6(10)9-8-5-1-3-12(11)4-2-5/h1-4H2,(H3,7,9,10). The minimum Gasteiger partial charge on any atom is -0.350 e. The summed E-state index contributed by atoms with van der Waals surface area (Å²) in [5, 5.41) is 3.77. The molecule has 1 aliphatic heterocycles. The van der Waals surface area contributed by atoms with Crippen LogP contribution >= 0.6 is 0 Å². The molecule has 0 atom stereocenters. The molecule has 0 radical (unpaired) electrons. The molecule has 6 heteroatoms. The lowest BCUT2D eigenvalue weighted by Crippen LogP contribution is -2.28. The Kier molecular flexibility index (Phi) is 3.21. The molecule has 2 amide bonds. The molecule has 0 bridgehead atoms. The van der Waals surface area contributed by atoms with Crippen molar-refractivity contribution in [1.82, 2.24) is 5.43 Å². The molecule has 3 N–H and O–H groups in total. The van der Waals surface area contributed by atoms with E-state index in [4.69, 9.17) is 5.73 Å². The van der Waals surface area contributed by atoms with Crippen molar-refractivity contribution < 1.29 is 9.00 Å². The van der Waals surface area contributed by atoms with Gasteiger partial charge in [0.05, 0.1) is 0 Å². The summed E-state index contributed by atoms with van der Waals surface area (Å²) in [4.78, 5) is 10.3. The van der Waals surface area contributed by atoms with Gasteiger partial charge in [-0.05, 0) is 12.8 Å². The van der Waals surface area contributed by atoms with Gasteiger partial charge in [0.15, 0.2) is 0 Å². The molecule has 0 saturated carbocycles. The highest BCUT2D eigenvalue weighted by atomic mass is 32.2.